The van der Waals surface area contributed by atoms with Gasteiger partial charge in [-0.05, 0) is 64.2 Å². The van der Waals surface area contributed by atoms with E-state index in [1.807, 2.05) is 58.0 Å². The van der Waals surface area contributed by atoms with E-state index < -0.39 is 17.7 Å². The predicted octanol–water partition coefficient (Wildman–Crippen LogP) is 6.29. The third kappa shape index (κ3) is 3.70. The molecule has 2 aromatic carbocycles. The van der Waals surface area contributed by atoms with Crippen LogP contribution >= 0.6 is 11.6 Å². The fraction of sp³-hybridized carbons (Fsp3) is 0.360. The van der Waals surface area contributed by atoms with Gasteiger partial charge in [0.25, 0.3) is 0 Å². The molecule has 4 nitrogen and oxygen atoms in total. The monoisotopic (exact) mass is 423 g/mol. The van der Waals surface area contributed by atoms with Crippen LogP contribution in [0.1, 0.15) is 55.7 Å². The number of fused-ring (bicyclic) bond motifs is 2. The highest BCUT2D eigenvalue weighted by atomic mass is 35.5. The number of pyridine rings is 1. The van der Waals surface area contributed by atoms with Crippen molar-refractivity contribution in [1.82, 2.24) is 4.98 Å². The normalized spacial score (nSPS) is 14.7. The van der Waals surface area contributed by atoms with Gasteiger partial charge < -0.3 is 9.84 Å². The number of carbonyl (C=O) groups is 1. The van der Waals surface area contributed by atoms with Crippen LogP contribution in [0, 0.1) is 6.92 Å². The molecule has 1 aliphatic carbocycles. The molecular formula is C25H26ClNO3. The Balaban J connectivity index is 2.07. The summed E-state index contributed by atoms with van der Waals surface area (Å²) in [5.74, 6) is -1.04. The van der Waals surface area contributed by atoms with E-state index in [0.29, 0.717) is 16.3 Å². The van der Waals surface area contributed by atoms with Gasteiger partial charge in [-0.25, -0.2) is 4.79 Å². The highest BCUT2D eigenvalue weighted by Gasteiger charge is 2.33. The summed E-state index contributed by atoms with van der Waals surface area (Å²) < 4.78 is 6.03. The minimum absolute atomic E-state index is 0.566. The van der Waals surface area contributed by atoms with Crippen molar-refractivity contribution in [3.05, 3.63) is 63.8 Å². The fourth-order valence-electron chi connectivity index (χ4n) is 4.36. The van der Waals surface area contributed by atoms with Crippen LogP contribution in [0.25, 0.3) is 22.0 Å². The Labute approximate surface area is 181 Å². The van der Waals surface area contributed by atoms with Crippen molar-refractivity contribution in [2.75, 3.05) is 0 Å². The topological polar surface area (TPSA) is 59.4 Å². The molecule has 1 heterocycles. The molecule has 1 aromatic heterocycles. The van der Waals surface area contributed by atoms with Gasteiger partial charge in [0.1, 0.15) is 0 Å². The molecule has 1 atom stereocenters. The first-order valence-electron chi connectivity index (χ1n) is 10.3. The SMILES string of the molecule is Cc1nc2ccccc2c(-c2ccc3c(c2Cl)CCC3)c1[C@H](OC(C)(C)C)C(=O)O. The van der Waals surface area contributed by atoms with E-state index in [9.17, 15) is 9.90 Å². The molecule has 3 aromatic rings. The molecule has 5 heteroatoms. The molecule has 0 aliphatic heterocycles. The Hall–Kier alpha value is -2.43. The maximum Gasteiger partial charge on any atom is 0.337 e. The molecule has 0 spiro atoms. The molecule has 156 valence electrons. The first-order valence-corrected chi connectivity index (χ1v) is 10.7. The third-order valence-corrected chi connectivity index (χ3v) is 5.99. The Morgan fingerprint density at radius 3 is 2.60 bits per heavy atom. The van der Waals surface area contributed by atoms with E-state index in [1.54, 1.807) is 0 Å². The van der Waals surface area contributed by atoms with E-state index in [-0.39, 0.29) is 0 Å². The molecule has 0 radical (unpaired) electrons. The maximum atomic E-state index is 12.3. The lowest BCUT2D eigenvalue weighted by atomic mass is 9.89. The number of para-hydroxylation sites is 1. The first-order chi connectivity index (χ1) is 14.2. The van der Waals surface area contributed by atoms with Gasteiger partial charge in [-0.3, -0.25) is 4.98 Å². The average molecular weight is 424 g/mol. The number of carboxylic acids is 1. The highest BCUT2D eigenvalue weighted by Crippen LogP contribution is 2.44. The third-order valence-electron chi connectivity index (χ3n) is 5.56. The predicted molar refractivity (Wildman–Crippen MR) is 120 cm³/mol. The van der Waals surface area contributed by atoms with Gasteiger partial charge in [-0.2, -0.15) is 0 Å². The van der Waals surface area contributed by atoms with Gasteiger partial charge in [0.2, 0.25) is 0 Å². The van der Waals surface area contributed by atoms with Crippen LogP contribution in [0.15, 0.2) is 36.4 Å². The molecule has 0 unspecified atom stereocenters. The summed E-state index contributed by atoms with van der Waals surface area (Å²) in [6, 6.07) is 11.9. The molecule has 0 saturated carbocycles. The van der Waals surface area contributed by atoms with E-state index in [2.05, 4.69) is 6.07 Å². The van der Waals surface area contributed by atoms with E-state index in [1.165, 1.54) is 11.1 Å². The summed E-state index contributed by atoms with van der Waals surface area (Å²) in [7, 11) is 0. The first kappa shape index (κ1) is 20.8. The number of aryl methyl sites for hydroxylation is 2. The van der Waals surface area contributed by atoms with Crippen molar-refractivity contribution in [2.24, 2.45) is 0 Å². The van der Waals surface area contributed by atoms with Gasteiger partial charge in [-0.15, -0.1) is 0 Å². The number of aliphatic carboxylic acids is 1. The minimum Gasteiger partial charge on any atom is -0.479 e. The number of hydrogen-bond donors (Lipinski definition) is 1. The number of rotatable bonds is 4. The number of aromatic nitrogens is 1. The minimum atomic E-state index is -1.15. The van der Waals surface area contributed by atoms with Crippen molar-refractivity contribution >= 4 is 28.5 Å². The number of hydrogen-bond acceptors (Lipinski definition) is 3. The fourth-order valence-corrected chi connectivity index (χ4v) is 4.73. The smallest absolute Gasteiger partial charge is 0.337 e. The molecule has 0 bridgehead atoms. The lowest BCUT2D eigenvalue weighted by Crippen LogP contribution is -2.28. The average Bonchev–Trinajstić information content (AvgIpc) is 3.15. The Morgan fingerprint density at radius 2 is 1.90 bits per heavy atom. The van der Waals surface area contributed by atoms with Gasteiger partial charge in [0.05, 0.1) is 16.1 Å². The number of carboxylic acid groups (broad SMARTS) is 1. The molecule has 30 heavy (non-hydrogen) atoms. The van der Waals surface area contributed by atoms with Crippen LogP contribution in [0.4, 0.5) is 0 Å². The number of ether oxygens (including phenoxy) is 1. The summed E-state index contributed by atoms with van der Waals surface area (Å²) in [5, 5.41) is 11.7. The van der Waals surface area contributed by atoms with Crippen molar-refractivity contribution in [3.63, 3.8) is 0 Å². The van der Waals surface area contributed by atoms with Gasteiger partial charge in [0, 0.05) is 27.8 Å². The van der Waals surface area contributed by atoms with Crippen molar-refractivity contribution in [2.45, 2.75) is 58.7 Å². The summed E-state index contributed by atoms with van der Waals surface area (Å²) in [6.45, 7) is 7.41. The van der Waals surface area contributed by atoms with Crippen molar-refractivity contribution < 1.29 is 14.6 Å². The number of nitrogens with zero attached hydrogens (tertiary/aromatic N) is 1. The molecular weight excluding hydrogens is 398 g/mol. The van der Waals surface area contributed by atoms with Crippen LogP contribution in [0.2, 0.25) is 5.02 Å². The van der Waals surface area contributed by atoms with Crippen molar-refractivity contribution in [1.29, 1.82) is 0 Å². The quantitative estimate of drug-likeness (QED) is 0.535. The largest absolute Gasteiger partial charge is 0.479 e. The summed E-state index contributed by atoms with van der Waals surface area (Å²) >= 11 is 6.92. The Morgan fingerprint density at radius 1 is 1.17 bits per heavy atom. The lowest BCUT2D eigenvalue weighted by molar-refractivity contribution is -0.160. The van der Waals surface area contributed by atoms with Crippen LogP contribution < -0.4 is 0 Å². The molecule has 1 N–H and O–H groups in total. The summed E-state index contributed by atoms with van der Waals surface area (Å²) in [5.41, 5.74) is 5.47. The molecule has 0 saturated heterocycles. The standard InChI is InChI=1S/C25H26ClNO3/c1-14-20(23(24(28)29)30-25(2,3)4)21(17-9-5-6-11-19(17)27-14)18-13-12-15-8-7-10-16(15)22(18)26/h5-6,9,11-13,23H,7-8,10H2,1-4H3,(H,28,29)/t23-/m0/s1. The zero-order valence-electron chi connectivity index (χ0n) is 17.8. The molecule has 4 rings (SSSR count). The molecule has 1 aliphatic rings. The Bertz CT molecular complexity index is 1150. The van der Waals surface area contributed by atoms with Crippen LogP contribution in [0.3, 0.4) is 0 Å². The zero-order valence-corrected chi connectivity index (χ0v) is 18.5. The second-order valence-electron chi connectivity index (χ2n) is 8.87. The second kappa shape index (κ2) is 7.68. The zero-order chi connectivity index (χ0) is 21.6. The van der Waals surface area contributed by atoms with Crippen LogP contribution in [0.5, 0.6) is 0 Å². The summed E-state index contributed by atoms with van der Waals surface area (Å²) in [6.07, 6.45) is 1.91. The van der Waals surface area contributed by atoms with E-state index >= 15 is 0 Å². The van der Waals surface area contributed by atoms with Gasteiger partial charge in [0.15, 0.2) is 6.10 Å². The number of benzene rings is 2. The van der Waals surface area contributed by atoms with Crippen LogP contribution in [-0.4, -0.2) is 21.7 Å². The molecule has 0 amide bonds. The maximum absolute atomic E-state index is 12.3. The van der Waals surface area contributed by atoms with Crippen molar-refractivity contribution in [3.8, 4) is 11.1 Å². The van der Waals surface area contributed by atoms with Gasteiger partial charge >= 0.3 is 5.97 Å². The summed E-state index contributed by atoms with van der Waals surface area (Å²) in [4.78, 5) is 17.0. The van der Waals surface area contributed by atoms with Crippen LogP contribution in [-0.2, 0) is 22.4 Å². The highest BCUT2D eigenvalue weighted by molar-refractivity contribution is 6.34. The second-order valence-corrected chi connectivity index (χ2v) is 9.25. The van der Waals surface area contributed by atoms with E-state index in [0.717, 1.165) is 41.3 Å². The molecule has 0 fully saturated rings. The van der Waals surface area contributed by atoms with E-state index in [4.69, 9.17) is 21.3 Å². The van der Waals surface area contributed by atoms with Gasteiger partial charge in [-0.1, -0.05) is 41.9 Å². The lowest BCUT2D eigenvalue weighted by Gasteiger charge is -2.28. The Kier molecular flexibility index (Phi) is 5.33. The number of halogens is 1.